The molecule has 1 aromatic carbocycles. The van der Waals surface area contributed by atoms with Gasteiger partial charge >= 0.3 is 0 Å². The van der Waals surface area contributed by atoms with Gasteiger partial charge in [-0.2, -0.15) is 10.1 Å². The number of amides is 3. The molecular weight excluding hydrogens is 334 g/mol. The average molecular weight is 347 g/mol. The van der Waals surface area contributed by atoms with E-state index in [1.807, 2.05) is 18.2 Å². The van der Waals surface area contributed by atoms with Crippen molar-refractivity contribution in [3.8, 4) is 0 Å². The third-order valence-electron chi connectivity index (χ3n) is 3.55. The van der Waals surface area contributed by atoms with Crippen LogP contribution in [0.25, 0.3) is 0 Å². The summed E-state index contributed by atoms with van der Waals surface area (Å²) in [6.45, 7) is 1.73. The molecule has 2 heterocycles. The second-order valence-corrected chi connectivity index (χ2v) is 7.14. The largest absolute Gasteiger partial charge is 0.295 e. The topological polar surface area (TPSA) is 78.8 Å². The van der Waals surface area contributed by atoms with E-state index in [9.17, 15) is 14.4 Å². The normalized spacial score (nSPS) is 24.0. The first-order valence-electron chi connectivity index (χ1n) is 6.95. The Kier molecular flexibility index (Phi) is 4.27. The van der Waals surface area contributed by atoms with Crippen LogP contribution in [0.2, 0.25) is 0 Å². The number of nitrogens with one attached hydrogen (secondary N) is 1. The molecule has 2 atom stereocenters. The Hall–Kier alpha value is -2.06. The highest BCUT2D eigenvalue weighted by molar-refractivity contribution is 8.24. The summed E-state index contributed by atoms with van der Waals surface area (Å²) in [6, 6.07) is 9.08. The van der Waals surface area contributed by atoms with Crippen molar-refractivity contribution in [1.29, 1.82) is 0 Å². The van der Waals surface area contributed by atoms with Gasteiger partial charge in [0.05, 0.1) is 20.8 Å². The van der Waals surface area contributed by atoms with Crippen LogP contribution in [0.15, 0.2) is 35.4 Å². The fourth-order valence-corrected chi connectivity index (χ4v) is 4.13. The van der Waals surface area contributed by atoms with Crippen molar-refractivity contribution < 1.29 is 14.4 Å². The monoisotopic (exact) mass is 347 g/mol. The smallest absolute Gasteiger partial charge is 0.262 e. The van der Waals surface area contributed by atoms with Gasteiger partial charge in [0.25, 0.3) is 5.91 Å². The third kappa shape index (κ3) is 3.04. The van der Waals surface area contributed by atoms with Crippen LogP contribution in [-0.4, -0.2) is 32.9 Å². The molecule has 1 saturated heterocycles. The van der Waals surface area contributed by atoms with Crippen LogP contribution in [-0.2, 0) is 14.4 Å². The molecule has 2 aliphatic heterocycles. The average Bonchev–Trinajstić information content (AvgIpc) is 2.98. The van der Waals surface area contributed by atoms with Crippen LogP contribution in [0, 0.1) is 5.92 Å². The van der Waals surface area contributed by atoms with Gasteiger partial charge in [-0.15, -0.1) is 11.8 Å². The van der Waals surface area contributed by atoms with Crippen molar-refractivity contribution in [2.75, 3.05) is 5.01 Å². The van der Waals surface area contributed by atoms with Crippen molar-refractivity contribution in [2.45, 2.75) is 18.6 Å². The molecular formula is C15H13N3O3S2. The van der Waals surface area contributed by atoms with Crippen LogP contribution in [0.3, 0.4) is 0 Å². The molecule has 0 radical (unpaired) electrons. The number of para-hydroxylation sites is 1. The number of anilines is 1. The molecule has 0 saturated carbocycles. The van der Waals surface area contributed by atoms with Crippen LogP contribution in [0.5, 0.6) is 0 Å². The lowest BCUT2D eigenvalue weighted by atomic mass is 10.1. The van der Waals surface area contributed by atoms with E-state index in [0.29, 0.717) is 15.6 Å². The van der Waals surface area contributed by atoms with Gasteiger partial charge in [0.1, 0.15) is 5.92 Å². The van der Waals surface area contributed by atoms with Crippen molar-refractivity contribution in [3.63, 3.8) is 0 Å². The Bertz CT molecular complexity index is 733. The molecule has 118 valence electrons. The summed E-state index contributed by atoms with van der Waals surface area (Å²) in [6.07, 6.45) is 0.0864. The van der Waals surface area contributed by atoms with Gasteiger partial charge in [-0.25, -0.2) is 0 Å². The summed E-state index contributed by atoms with van der Waals surface area (Å²) in [5, 5.41) is 7.28. The number of carbonyl (C=O) groups excluding carboxylic acids is 3. The summed E-state index contributed by atoms with van der Waals surface area (Å²) >= 11 is 6.43. The molecule has 6 nitrogen and oxygen atoms in total. The van der Waals surface area contributed by atoms with E-state index in [0.717, 1.165) is 11.8 Å². The lowest BCUT2D eigenvalue weighted by Gasteiger charge is -2.15. The van der Waals surface area contributed by atoms with Gasteiger partial charge in [-0.05, 0) is 19.1 Å². The number of nitrogens with zero attached hydrogens (tertiary/aromatic N) is 2. The quantitative estimate of drug-likeness (QED) is 0.662. The van der Waals surface area contributed by atoms with Gasteiger partial charge in [-0.3, -0.25) is 19.7 Å². The summed E-state index contributed by atoms with van der Waals surface area (Å²) < 4.78 is 0.365. The number of benzene rings is 1. The molecule has 1 fully saturated rings. The van der Waals surface area contributed by atoms with Gasteiger partial charge in [0.2, 0.25) is 11.8 Å². The molecule has 23 heavy (non-hydrogen) atoms. The lowest BCUT2D eigenvalue weighted by Crippen LogP contribution is -2.32. The van der Waals surface area contributed by atoms with E-state index in [1.165, 1.54) is 5.01 Å². The molecule has 0 aliphatic carbocycles. The van der Waals surface area contributed by atoms with Gasteiger partial charge in [0, 0.05) is 6.42 Å². The van der Waals surface area contributed by atoms with E-state index < -0.39 is 11.2 Å². The van der Waals surface area contributed by atoms with Crippen LogP contribution < -0.4 is 10.3 Å². The van der Waals surface area contributed by atoms with Crippen LogP contribution in [0.4, 0.5) is 5.69 Å². The van der Waals surface area contributed by atoms with Crippen molar-refractivity contribution >= 4 is 57.3 Å². The minimum atomic E-state index is -0.654. The van der Waals surface area contributed by atoms with E-state index in [4.69, 9.17) is 12.2 Å². The lowest BCUT2D eigenvalue weighted by molar-refractivity contribution is -0.124. The molecule has 1 aromatic rings. The van der Waals surface area contributed by atoms with E-state index in [2.05, 4.69) is 10.4 Å². The molecule has 3 amide bonds. The zero-order valence-electron chi connectivity index (χ0n) is 12.2. The van der Waals surface area contributed by atoms with Crippen LogP contribution >= 0.6 is 24.0 Å². The molecule has 2 aliphatic rings. The van der Waals surface area contributed by atoms with Crippen LogP contribution in [0.1, 0.15) is 13.3 Å². The SMILES string of the molecule is CC1=NN(c2ccccc2)C(=O)[C@@H]1C(=S)S[C@@H]1CC(=O)NC1=O. The zero-order chi connectivity index (χ0) is 16.6. The number of hydrogen-bond acceptors (Lipinski definition) is 6. The molecule has 3 rings (SSSR count). The van der Waals surface area contributed by atoms with Crippen molar-refractivity contribution in [3.05, 3.63) is 30.3 Å². The number of thioether (sulfide) groups is 1. The summed E-state index contributed by atoms with van der Waals surface area (Å²) in [7, 11) is 0. The number of carbonyl (C=O) groups is 3. The summed E-state index contributed by atoms with van der Waals surface area (Å²) in [5.74, 6) is -1.57. The van der Waals surface area contributed by atoms with Gasteiger partial charge in [0.15, 0.2) is 0 Å². The predicted octanol–water partition coefficient (Wildman–Crippen LogP) is 1.50. The molecule has 0 bridgehead atoms. The predicted molar refractivity (Wildman–Crippen MR) is 92.3 cm³/mol. The van der Waals surface area contributed by atoms with E-state index in [1.54, 1.807) is 19.1 Å². The second-order valence-electron chi connectivity index (χ2n) is 5.20. The van der Waals surface area contributed by atoms with E-state index in [-0.39, 0.29) is 24.1 Å². The molecule has 0 unspecified atom stereocenters. The third-order valence-corrected chi connectivity index (χ3v) is 5.21. The Morgan fingerprint density at radius 3 is 2.61 bits per heavy atom. The fourth-order valence-electron chi connectivity index (χ4n) is 2.42. The Labute approximate surface area is 142 Å². The van der Waals surface area contributed by atoms with Gasteiger partial charge in [-0.1, -0.05) is 30.4 Å². The highest BCUT2D eigenvalue weighted by Crippen LogP contribution is 2.31. The molecule has 1 N–H and O–H groups in total. The number of thiocarbonyl (C=S) groups is 1. The maximum absolute atomic E-state index is 12.6. The molecule has 0 spiro atoms. The highest BCUT2D eigenvalue weighted by Gasteiger charge is 2.40. The second kappa shape index (κ2) is 6.21. The Morgan fingerprint density at radius 1 is 1.30 bits per heavy atom. The zero-order valence-corrected chi connectivity index (χ0v) is 13.8. The van der Waals surface area contributed by atoms with Gasteiger partial charge < -0.3 is 0 Å². The number of imide groups is 1. The molecule has 0 aromatic heterocycles. The fraction of sp³-hybridized carbons (Fsp3) is 0.267. The van der Waals surface area contributed by atoms with E-state index >= 15 is 0 Å². The Morgan fingerprint density at radius 2 is 2.00 bits per heavy atom. The first-order chi connectivity index (χ1) is 11.0. The minimum Gasteiger partial charge on any atom is -0.295 e. The number of hydrogen-bond donors (Lipinski definition) is 1. The standard InChI is InChI=1S/C15H13N3O3S2/c1-8-12(15(22)23-10-7-11(19)16-13(10)20)14(21)18(17-8)9-5-3-2-4-6-9/h2-6,10,12H,7H2,1H3,(H,16,19,20)/t10-,12-/m1/s1. The number of rotatable bonds is 3. The minimum absolute atomic E-state index is 0.0864. The van der Waals surface area contributed by atoms with Crippen molar-refractivity contribution in [1.82, 2.24) is 5.32 Å². The maximum atomic E-state index is 12.6. The first kappa shape index (κ1) is 15.8. The first-order valence-corrected chi connectivity index (χ1v) is 8.24. The number of hydrazone groups is 1. The highest BCUT2D eigenvalue weighted by atomic mass is 32.2. The Balaban J connectivity index is 1.75. The summed E-state index contributed by atoms with van der Waals surface area (Å²) in [4.78, 5) is 35.5. The summed E-state index contributed by atoms with van der Waals surface area (Å²) in [5.41, 5.74) is 1.25. The van der Waals surface area contributed by atoms with Crippen molar-refractivity contribution in [2.24, 2.45) is 11.0 Å². The maximum Gasteiger partial charge on any atom is 0.262 e. The molecule has 8 heteroatoms.